The first-order chi connectivity index (χ1) is 14.4. The number of fused-ring (bicyclic) bond motifs is 2. The van der Waals surface area contributed by atoms with Crippen molar-refractivity contribution in [3.63, 3.8) is 0 Å². The Labute approximate surface area is 170 Å². The van der Waals surface area contributed by atoms with Gasteiger partial charge in [-0.3, -0.25) is 10.1 Å². The molecule has 0 spiro atoms. The van der Waals surface area contributed by atoms with Gasteiger partial charge in [0, 0.05) is 34.0 Å². The topological polar surface area (TPSA) is 82.3 Å². The fraction of sp³-hybridized carbons (Fsp3) is 0.136. The van der Waals surface area contributed by atoms with Crippen LogP contribution in [-0.2, 0) is 0 Å². The van der Waals surface area contributed by atoms with Gasteiger partial charge in [-0.05, 0) is 48.2 Å². The molecule has 7 heteroatoms. The smallest absolute Gasteiger partial charge is 0.138 e. The first-order valence-electron chi connectivity index (χ1n) is 9.63. The van der Waals surface area contributed by atoms with Crippen LogP contribution in [-0.4, -0.2) is 38.2 Å². The van der Waals surface area contributed by atoms with E-state index < -0.39 is 0 Å². The van der Waals surface area contributed by atoms with Gasteiger partial charge in [-0.1, -0.05) is 12.1 Å². The summed E-state index contributed by atoms with van der Waals surface area (Å²) in [7, 11) is 0. The molecule has 0 bridgehead atoms. The number of nitrogens with one attached hydrogen (secondary N) is 3. The van der Waals surface area contributed by atoms with Crippen molar-refractivity contribution < 1.29 is 0 Å². The van der Waals surface area contributed by atoms with Crippen LogP contribution in [0.1, 0.15) is 12.1 Å². The van der Waals surface area contributed by atoms with Gasteiger partial charge in [0.1, 0.15) is 11.3 Å². The Balaban J connectivity index is 1.50. The third-order valence-electron chi connectivity index (χ3n) is 5.41. The van der Waals surface area contributed by atoms with Crippen molar-refractivity contribution >= 4 is 38.8 Å². The number of H-pyrrole nitrogens is 2. The van der Waals surface area contributed by atoms with Gasteiger partial charge in [0.2, 0.25) is 0 Å². The van der Waals surface area contributed by atoms with Crippen molar-refractivity contribution in [1.29, 1.82) is 0 Å². The highest BCUT2D eigenvalue weighted by atomic mass is 32.1. The molecule has 3 N–H and O–H groups in total. The molecule has 0 amide bonds. The van der Waals surface area contributed by atoms with E-state index in [4.69, 9.17) is 0 Å². The molecule has 0 radical (unpaired) electrons. The van der Waals surface area contributed by atoms with Crippen molar-refractivity contribution in [3.8, 4) is 21.8 Å². The maximum absolute atomic E-state index is 4.64. The minimum absolute atomic E-state index is 0.873. The molecule has 0 fully saturated rings. The predicted octanol–water partition coefficient (Wildman–Crippen LogP) is 4.61. The molecule has 1 aliphatic rings. The van der Waals surface area contributed by atoms with E-state index in [2.05, 4.69) is 72.3 Å². The van der Waals surface area contributed by atoms with Gasteiger partial charge in [0.25, 0.3) is 0 Å². The van der Waals surface area contributed by atoms with Crippen LogP contribution in [0.25, 0.3) is 49.3 Å². The number of nitrogens with zero attached hydrogens (tertiary/aromatic N) is 3. The zero-order valence-corrected chi connectivity index (χ0v) is 16.4. The second-order valence-corrected chi connectivity index (χ2v) is 8.10. The van der Waals surface area contributed by atoms with Gasteiger partial charge in [-0.25, -0.2) is 4.98 Å². The SMILES string of the molecule is C1=C(c2cc3c(-c4cc5c(-c6cccs6)ccnc5[nH]4)n[nH]c3cn2)CCNC1. The summed E-state index contributed by atoms with van der Waals surface area (Å²) in [5, 5.41) is 15.3. The number of aromatic nitrogens is 5. The molecule has 5 aromatic heterocycles. The average molecular weight is 398 g/mol. The molecule has 0 saturated carbocycles. The number of hydrogen-bond donors (Lipinski definition) is 3. The van der Waals surface area contributed by atoms with Gasteiger partial charge in [-0.15, -0.1) is 11.3 Å². The van der Waals surface area contributed by atoms with E-state index in [0.717, 1.165) is 58.5 Å². The van der Waals surface area contributed by atoms with Gasteiger partial charge in [0.15, 0.2) is 0 Å². The summed E-state index contributed by atoms with van der Waals surface area (Å²) >= 11 is 1.73. The summed E-state index contributed by atoms with van der Waals surface area (Å²) in [4.78, 5) is 13.9. The van der Waals surface area contributed by atoms with Crippen molar-refractivity contribution in [3.05, 3.63) is 59.9 Å². The molecule has 0 aromatic carbocycles. The van der Waals surface area contributed by atoms with E-state index in [1.54, 1.807) is 11.3 Å². The van der Waals surface area contributed by atoms with Gasteiger partial charge < -0.3 is 10.3 Å². The van der Waals surface area contributed by atoms with Crippen molar-refractivity contribution in [1.82, 2.24) is 30.5 Å². The summed E-state index contributed by atoms with van der Waals surface area (Å²) in [6.07, 6.45) is 6.94. The summed E-state index contributed by atoms with van der Waals surface area (Å²) < 4.78 is 0. The molecule has 6 heterocycles. The Morgan fingerprint density at radius 1 is 1.07 bits per heavy atom. The average Bonchev–Trinajstić information content (AvgIpc) is 3.52. The van der Waals surface area contributed by atoms with Crippen LogP contribution in [0, 0.1) is 0 Å². The van der Waals surface area contributed by atoms with E-state index >= 15 is 0 Å². The Morgan fingerprint density at radius 2 is 2.07 bits per heavy atom. The molecular formula is C22H18N6S. The lowest BCUT2D eigenvalue weighted by atomic mass is 10.0. The molecule has 0 aliphatic carbocycles. The van der Waals surface area contributed by atoms with Gasteiger partial charge in [0.05, 0.1) is 23.1 Å². The normalized spacial score (nSPS) is 14.6. The van der Waals surface area contributed by atoms with Gasteiger partial charge in [-0.2, -0.15) is 5.10 Å². The van der Waals surface area contributed by atoms with E-state index in [9.17, 15) is 0 Å². The summed E-state index contributed by atoms with van der Waals surface area (Å²) in [6, 6.07) is 10.6. The first kappa shape index (κ1) is 16.6. The molecule has 0 saturated heterocycles. The Bertz CT molecular complexity index is 1360. The van der Waals surface area contributed by atoms with E-state index in [1.807, 2.05) is 12.4 Å². The molecule has 29 heavy (non-hydrogen) atoms. The third kappa shape index (κ3) is 2.78. The number of rotatable bonds is 3. The standard InChI is InChI=1S/C22H18N6S/c1-2-20(29-9-1)14-5-8-24-22-15(14)10-18(26-22)21-16-11-17(13-3-6-23-7-4-13)25-12-19(16)27-28-21/h1-3,5,8-12,23H,4,6-7H2,(H,24,26)(H,27,28). The van der Waals surface area contributed by atoms with Crippen LogP contribution in [0.2, 0.25) is 0 Å². The number of aromatic amines is 2. The zero-order chi connectivity index (χ0) is 19.2. The summed E-state index contributed by atoms with van der Waals surface area (Å²) in [5.74, 6) is 0. The second-order valence-electron chi connectivity index (χ2n) is 7.15. The molecule has 142 valence electrons. The van der Waals surface area contributed by atoms with Crippen molar-refractivity contribution in [2.24, 2.45) is 0 Å². The maximum Gasteiger partial charge on any atom is 0.138 e. The van der Waals surface area contributed by atoms with Crippen LogP contribution >= 0.6 is 11.3 Å². The van der Waals surface area contributed by atoms with E-state index in [0.29, 0.717) is 0 Å². The fourth-order valence-corrected chi connectivity index (χ4v) is 4.72. The van der Waals surface area contributed by atoms with Crippen LogP contribution < -0.4 is 5.32 Å². The molecule has 0 atom stereocenters. The number of hydrogen-bond acceptors (Lipinski definition) is 5. The minimum Gasteiger partial charge on any atom is -0.338 e. The highest BCUT2D eigenvalue weighted by Gasteiger charge is 2.16. The molecule has 5 aromatic rings. The van der Waals surface area contributed by atoms with Crippen LogP contribution in [0.3, 0.4) is 0 Å². The molecule has 1 aliphatic heterocycles. The molecule has 6 rings (SSSR count). The van der Waals surface area contributed by atoms with E-state index in [-0.39, 0.29) is 0 Å². The lowest BCUT2D eigenvalue weighted by molar-refractivity contribution is 0.737. The maximum atomic E-state index is 4.64. The van der Waals surface area contributed by atoms with Crippen LogP contribution in [0.5, 0.6) is 0 Å². The summed E-state index contributed by atoms with van der Waals surface area (Å²) in [5.41, 5.74) is 7.16. The first-order valence-corrected chi connectivity index (χ1v) is 10.5. The molecule has 6 nitrogen and oxygen atoms in total. The summed E-state index contributed by atoms with van der Waals surface area (Å²) in [6.45, 7) is 1.88. The Morgan fingerprint density at radius 3 is 2.93 bits per heavy atom. The predicted molar refractivity (Wildman–Crippen MR) is 118 cm³/mol. The third-order valence-corrected chi connectivity index (χ3v) is 6.32. The highest BCUT2D eigenvalue weighted by molar-refractivity contribution is 7.13. The minimum atomic E-state index is 0.873. The molecular weight excluding hydrogens is 380 g/mol. The Kier molecular flexibility index (Phi) is 3.82. The largest absolute Gasteiger partial charge is 0.338 e. The number of pyridine rings is 2. The lowest BCUT2D eigenvalue weighted by Gasteiger charge is -2.13. The quantitative estimate of drug-likeness (QED) is 0.415. The fourth-order valence-electron chi connectivity index (χ4n) is 3.95. The highest BCUT2D eigenvalue weighted by Crippen LogP contribution is 2.35. The molecule has 0 unspecified atom stereocenters. The van der Waals surface area contributed by atoms with Crippen LogP contribution in [0.4, 0.5) is 0 Å². The van der Waals surface area contributed by atoms with Gasteiger partial charge >= 0.3 is 0 Å². The Hall–Kier alpha value is -3.29. The number of thiophene rings is 1. The van der Waals surface area contributed by atoms with Crippen LogP contribution in [0.15, 0.2) is 54.2 Å². The van der Waals surface area contributed by atoms with E-state index in [1.165, 1.54) is 16.0 Å². The van der Waals surface area contributed by atoms with Crippen molar-refractivity contribution in [2.75, 3.05) is 13.1 Å². The second kappa shape index (κ2) is 6.65. The lowest BCUT2D eigenvalue weighted by Crippen LogP contribution is -2.20. The monoisotopic (exact) mass is 398 g/mol. The zero-order valence-electron chi connectivity index (χ0n) is 15.6. The van der Waals surface area contributed by atoms with Crippen molar-refractivity contribution in [2.45, 2.75) is 6.42 Å².